The summed E-state index contributed by atoms with van der Waals surface area (Å²) in [5.41, 5.74) is 0.729. The summed E-state index contributed by atoms with van der Waals surface area (Å²) in [6, 6.07) is 5.50. The van der Waals surface area contributed by atoms with E-state index < -0.39 is 0 Å². The topological polar surface area (TPSA) is 51.2 Å². The van der Waals surface area contributed by atoms with Crippen LogP contribution in [0.4, 0.5) is 0 Å². The molecule has 1 atom stereocenters. The van der Waals surface area contributed by atoms with Crippen LogP contribution in [-0.4, -0.2) is 56.1 Å². The maximum atomic E-state index is 9.38. The lowest BCUT2D eigenvalue weighted by Gasteiger charge is -2.32. The lowest BCUT2D eigenvalue weighted by Crippen LogP contribution is -2.44. The smallest absolute Gasteiger partial charge is 0.166 e. The van der Waals surface area contributed by atoms with Gasteiger partial charge in [0.2, 0.25) is 0 Å². The van der Waals surface area contributed by atoms with Gasteiger partial charge in [-0.15, -0.1) is 0 Å². The fourth-order valence-corrected chi connectivity index (χ4v) is 2.36. The largest absolute Gasteiger partial charge is 0.493 e. The molecule has 1 aromatic carbocycles. The SMILES string of the molecule is CCN1CCOC(COc2c(CO)cccc2OC)C1. The van der Waals surface area contributed by atoms with Crippen molar-refractivity contribution < 1.29 is 19.3 Å². The van der Waals surface area contributed by atoms with Gasteiger partial charge in [-0.1, -0.05) is 19.1 Å². The van der Waals surface area contributed by atoms with E-state index in [1.165, 1.54) is 0 Å². The molecule has 112 valence electrons. The van der Waals surface area contributed by atoms with Crippen molar-refractivity contribution in [3.63, 3.8) is 0 Å². The maximum Gasteiger partial charge on any atom is 0.166 e. The van der Waals surface area contributed by atoms with E-state index in [9.17, 15) is 5.11 Å². The van der Waals surface area contributed by atoms with Gasteiger partial charge in [0, 0.05) is 18.7 Å². The highest BCUT2D eigenvalue weighted by Crippen LogP contribution is 2.31. The number of aliphatic hydroxyl groups excluding tert-OH is 1. The molecule has 5 heteroatoms. The summed E-state index contributed by atoms with van der Waals surface area (Å²) in [7, 11) is 1.60. The number of morpholine rings is 1. The molecule has 1 unspecified atom stereocenters. The van der Waals surface area contributed by atoms with E-state index in [2.05, 4.69) is 11.8 Å². The fraction of sp³-hybridized carbons (Fsp3) is 0.600. The van der Waals surface area contributed by atoms with Crippen molar-refractivity contribution in [3.8, 4) is 11.5 Å². The first kappa shape index (κ1) is 15.1. The summed E-state index contributed by atoms with van der Waals surface area (Å²) < 4.78 is 16.8. The molecule has 1 heterocycles. The monoisotopic (exact) mass is 281 g/mol. The van der Waals surface area contributed by atoms with E-state index in [4.69, 9.17) is 14.2 Å². The van der Waals surface area contributed by atoms with E-state index in [1.54, 1.807) is 7.11 Å². The van der Waals surface area contributed by atoms with Crippen molar-refractivity contribution in [3.05, 3.63) is 23.8 Å². The van der Waals surface area contributed by atoms with Crippen LogP contribution >= 0.6 is 0 Å². The van der Waals surface area contributed by atoms with Gasteiger partial charge in [0.1, 0.15) is 12.7 Å². The molecule has 0 spiro atoms. The van der Waals surface area contributed by atoms with Crippen LogP contribution in [-0.2, 0) is 11.3 Å². The Labute approximate surface area is 120 Å². The van der Waals surface area contributed by atoms with Crippen molar-refractivity contribution in [1.82, 2.24) is 4.90 Å². The van der Waals surface area contributed by atoms with E-state index in [0.717, 1.165) is 31.8 Å². The number of aliphatic hydroxyl groups is 1. The van der Waals surface area contributed by atoms with Crippen molar-refractivity contribution in [2.24, 2.45) is 0 Å². The lowest BCUT2D eigenvalue weighted by molar-refractivity contribution is -0.0469. The van der Waals surface area contributed by atoms with Gasteiger partial charge in [-0.05, 0) is 12.6 Å². The van der Waals surface area contributed by atoms with Crippen LogP contribution in [0, 0.1) is 0 Å². The van der Waals surface area contributed by atoms with Crippen LogP contribution in [0.15, 0.2) is 18.2 Å². The molecule has 0 aromatic heterocycles. The van der Waals surface area contributed by atoms with Gasteiger partial charge < -0.3 is 19.3 Å². The Morgan fingerprint density at radius 2 is 2.30 bits per heavy atom. The molecule has 1 fully saturated rings. The Bertz CT molecular complexity index is 402. The molecule has 0 radical (unpaired) electrons. The van der Waals surface area contributed by atoms with Gasteiger partial charge in [-0.25, -0.2) is 0 Å². The van der Waals surface area contributed by atoms with Crippen molar-refractivity contribution in [2.75, 3.05) is 40.0 Å². The van der Waals surface area contributed by atoms with E-state index >= 15 is 0 Å². The summed E-state index contributed by atoms with van der Waals surface area (Å²) in [6.45, 7) is 6.15. The molecular formula is C15H23NO4. The Hall–Kier alpha value is -1.30. The van der Waals surface area contributed by atoms with Gasteiger partial charge >= 0.3 is 0 Å². The molecule has 0 aliphatic carbocycles. The summed E-state index contributed by atoms with van der Waals surface area (Å²) in [4.78, 5) is 2.34. The lowest BCUT2D eigenvalue weighted by atomic mass is 10.2. The second-order valence-corrected chi connectivity index (χ2v) is 4.80. The third-order valence-electron chi connectivity index (χ3n) is 3.53. The average Bonchev–Trinajstić information content (AvgIpc) is 2.52. The maximum absolute atomic E-state index is 9.38. The van der Waals surface area contributed by atoms with Crippen molar-refractivity contribution >= 4 is 0 Å². The number of methoxy groups -OCH3 is 1. The molecule has 1 N–H and O–H groups in total. The number of likely N-dealkylation sites (N-methyl/N-ethyl adjacent to an activating group) is 1. The quantitative estimate of drug-likeness (QED) is 0.851. The van der Waals surface area contributed by atoms with Crippen LogP contribution in [0.25, 0.3) is 0 Å². The molecule has 1 saturated heterocycles. The highest BCUT2D eigenvalue weighted by molar-refractivity contribution is 5.46. The van der Waals surface area contributed by atoms with Crippen LogP contribution in [0.3, 0.4) is 0 Å². The molecule has 0 saturated carbocycles. The van der Waals surface area contributed by atoms with Crippen molar-refractivity contribution in [2.45, 2.75) is 19.6 Å². The minimum atomic E-state index is -0.0703. The third kappa shape index (κ3) is 3.62. The zero-order valence-electron chi connectivity index (χ0n) is 12.2. The number of ether oxygens (including phenoxy) is 3. The standard InChI is InChI=1S/C15H23NO4/c1-3-16-7-8-19-13(9-16)11-20-15-12(10-17)5-4-6-14(15)18-2/h4-6,13,17H,3,7-11H2,1-2H3. The highest BCUT2D eigenvalue weighted by Gasteiger charge is 2.21. The third-order valence-corrected chi connectivity index (χ3v) is 3.53. The molecule has 1 aliphatic rings. The molecule has 20 heavy (non-hydrogen) atoms. The second-order valence-electron chi connectivity index (χ2n) is 4.80. The van der Waals surface area contributed by atoms with Crippen LogP contribution < -0.4 is 9.47 Å². The molecule has 2 rings (SSSR count). The first-order valence-corrected chi connectivity index (χ1v) is 7.02. The van der Waals surface area contributed by atoms with Gasteiger partial charge in [-0.2, -0.15) is 0 Å². The van der Waals surface area contributed by atoms with E-state index in [-0.39, 0.29) is 12.7 Å². The minimum absolute atomic E-state index is 0.0557. The van der Waals surface area contributed by atoms with Gasteiger partial charge in [0.25, 0.3) is 0 Å². The number of nitrogens with zero attached hydrogens (tertiary/aromatic N) is 1. The molecule has 0 bridgehead atoms. The minimum Gasteiger partial charge on any atom is -0.493 e. The number of rotatable bonds is 6. The highest BCUT2D eigenvalue weighted by atomic mass is 16.5. The Balaban J connectivity index is 1.99. The summed E-state index contributed by atoms with van der Waals surface area (Å²) >= 11 is 0. The predicted octanol–water partition coefficient (Wildman–Crippen LogP) is 1.29. The fourth-order valence-electron chi connectivity index (χ4n) is 2.36. The molecule has 5 nitrogen and oxygen atoms in total. The Morgan fingerprint density at radius 1 is 1.45 bits per heavy atom. The average molecular weight is 281 g/mol. The summed E-state index contributed by atoms with van der Waals surface area (Å²) in [6.07, 6.45) is 0.0557. The number of benzene rings is 1. The second kappa shape index (κ2) is 7.47. The first-order valence-electron chi connectivity index (χ1n) is 7.02. The predicted molar refractivity (Wildman–Crippen MR) is 76.3 cm³/mol. The number of hydrogen-bond acceptors (Lipinski definition) is 5. The summed E-state index contributed by atoms with van der Waals surface area (Å²) in [5.74, 6) is 1.24. The van der Waals surface area contributed by atoms with Gasteiger partial charge in [-0.3, -0.25) is 4.90 Å². The van der Waals surface area contributed by atoms with Crippen LogP contribution in [0.5, 0.6) is 11.5 Å². The van der Waals surface area contributed by atoms with Gasteiger partial charge in [0.05, 0.1) is 20.3 Å². The number of hydrogen-bond donors (Lipinski definition) is 1. The van der Waals surface area contributed by atoms with Gasteiger partial charge in [0.15, 0.2) is 11.5 Å². The Morgan fingerprint density at radius 3 is 3.00 bits per heavy atom. The summed E-state index contributed by atoms with van der Waals surface area (Å²) in [5, 5.41) is 9.38. The Kier molecular flexibility index (Phi) is 5.64. The van der Waals surface area contributed by atoms with Crippen LogP contribution in [0.1, 0.15) is 12.5 Å². The molecule has 1 aliphatic heterocycles. The van der Waals surface area contributed by atoms with E-state index in [0.29, 0.717) is 18.1 Å². The molecule has 1 aromatic rings. The van der Waals surface area contributed by atoms with Crippen molar-refractivity contribution in [1.29, 1.82) is 0 Å². The van der Waals surface area contributed by atoms with E-state index in [1.807, 2.05) is 18.2 Å². The molecular weight excluding hydrogens is 258 g/mol. The first-order chi connectivity index (χ1) is 9.78. The zero-order valence-corrected chi connectivity index (χ0v) is 12.2. The zero-order chi connectivity index (χ0) is 14.4. The number of para-hydroxylation sites is 1. The molecule has 0 amide bonds. The normalized spacial score (nSPS) is 19.9. The van der Waals surface area contributed by atoms with Crippen LogP contribution in [0.2, 0.25) is 0 Å².